The zero-order valence-corrected chi connectivity index (χ0v) is 10.1. The zero-order valence-electron chi connectivity index (χ0n) is 10.1. The van der Waals surface area contributed by atoms with E-state index in [1.807, 2.05) is 0 Å². The van der Waals surface area contributed by atoms with E-state index in [0.717, 1.165) is 36.8 Å². The van der Waals surface area contributed by atoms with Gasteiger partial charge in [-0.1, -0.05) is 18.5 Å². The molecule has 0 fully saturated rings. The molecule has 0 radical (unpaired) electrons. The number of hydrogen-bond donors (Lipinski definition) is 0. The number of aromatic nitrogens is 1. The SMILES string of the molecule is [CH2+]CCC(CCC)c1noc2cc(F)ccc12. The van der Waals surface area contributed by atoms with Gasteiger partial charge in [0.2, 0.25) is 0 Å². The van der Waals surface area contributed by atoms with E-state index in [9.17, 15) is 4.39 Å². The van der Waals surface area contributed by atoms with Crippen LogP contribution >= 0.6 is 0 Å². The van der Waals surface area contributed by atoms with Gasteiger partial charge in [0.1, 0.15) is 5.82 Å². The van der Waals surface area contributed by atoms with E-state index in [0.29, 0.717) is 11.5 Å². The normalized spacial score (nSPS) is 13.1. The van der Waals surface area contributed by atoms with Crippen molar-refractivity contribution in [2.75, 3.05) is 0 Å². The summed E-state index contributed by atoms with van der Waals surface area (Å²) in [5.74, 6) is 0.0774. The quantitative estimate of drug-likeness (QED) is 0.713. The van der Waals surface area contributed by atoms with E-state index in [-0.39, 0.29) is 5.82 Å². The molecule has 0 saturated carbocycles. The Morgan fingerprint density at radius 2 is 2.24 bits per heavy atom. The minimum atomic E-state index is -0.288. The molecule has 2 rings (SSSR count). The molecule has 0 spiro atoms. The molecule has 0 amide bonds. The van der Waals surface area contributed by atoms with E-state index in [4.69, 9.17) is 4.52 Å². The Bertz CT molecular complexity index is 486. The highest BCUT2D eigenvalue weighted by molar-refractivity contribution is 5.79. The van der Waals surface area contributed by atoms with Crippen LogP contribution in [0.1, 0.15) is 44.2 Å². The Kier molecular flexibility index (Phi) is 3.67. The van der Waals surface area contributed by atoms with Crippen LogP contribution in [0.2, 0.25) is 0 Å². The largest absolute Gasteiger partial charge is 0.356 e. The fourth-order valence-electron chi connectivity index (χ4n) is 2.24. The van der Waals surface area contributed by atoms with Crippen molar-refractivity contribution < 1.29 is 8.91 Å². The first-order chi connectivity index (χ1) is 8.26. The van der Waals surface area contributed by atoms with Crippen LogP contribution in [0.15, 0.2) is 22.7 Å². The maximum Gasteiger partial charge on any atom is 0.170 e. The highest BCUT2D eigenvalue weighted by Gasteiger charge is 2.19. The predicted molar refractivity (Wildman–Crippen MR) is 66.2 cm³/mol. The molecule has 0 aliphatic rings. The summed E-state index contributed by atoms with van der Waals surface area (Å²) in [4.78, 5) is 0. The van der Waals surface area contributed by atoms with Crippen LogP contribution in [0.3, 0.4) is 0 Å². The number of hydrogen-bond acceptors (Lipinski definition) is 2. The number of halogens is 1. The molecule has 0 aliphatic heterocycles. The van der Waals surface area contributed by atoms with Gasteiger partial charge in [-0.2, -0.15) is 0 Å². The third-order valence-electron chi connectivity index (χ3n) is 3.04. The Morgan fingerprint density at radius 1 is 1.41 bits per heavy atom. The van der Waals surface area contributed by atoms with Crippen molar-refractivity contribution in [1.82, 2.24) is 5.16 Å². The number of nitrogens with zero attached hydrogens (tertiary/aromatic N) is 1. The van der Waals surface area contributed by atoms with Gasteiger partial charge in [0.25, 0.3) is 0 Å². The zero-order chi connectivity index (χ0) is 12.3. The fourth-order valence-corrected chi connectivity index (χ4v) is 2.24. The van der Waals surface area contributed by atoms with E-state index in [2.05, 4.69) is 19.0 Å². The van der Waals surface area contributed by atoms with Crippen molar-refractivity contribution in [3.63, 3.8) is 0 Å². The lowest BCUT2D eigenvalue weighted by atomic mass is 9.93. The second-order valence-corrected chi connectivity index (χ2v) is 4.34. The summed E-state index contributed by atoms with van der Waals surface area (Å²) < 4.78 is 18.2. The monoisotopic (exact) mass is 234 g/mol. The van der Waals surface area contributed by atoms with E-state index >= 15 is 0 Å². The summed E-state index contributed by atoms with van der Waals surface area (Å²) in [6, 6.07) is 4.59. The van der Waals surface area contributed by atoms with Crippen molar-refractivity contribution in [2.45, 2.75) is 38.5 Å². The average Bonchev–Trinajstić information content (AvgIpc) is 2.71. The first kappa shape index (κ1) is 12.0. The smallest absolute Gasteiger partial charge is 0.170 e. The highest BCUT2D eigenvalue weighted by atomic mass is 19.1. The molecule has 17 heavy (non-hydrogen) atoms. The van der Waals surface area contributed by atoms with Crippen molar-refractivity contribution in [1.29, 1.82) is 0 Å². The van der Waals surface area contributed by atoms with Gasteiger partial charge in [-0.25, -0.2) is 4.39 Å². The minimum absolute atomic E-state index is 0.288. The summed E-state index contributed by atoms with van der Waals surface area (Å²) in [5.41, 5.74) is 1.48. The molecule has 0 N–H and O–H groups in total. The van der Waals surface area contributed by atoms with Crippen LogP contribution in [-0.2, 0) is 0 Å². The van der Waals surface area contributed by atoms with E-state index in [1.54, 1.807) is 6.07 Å². The van der Waals surface area contributed by atoms with Gasteiger partial charge in [0.05, 0.1) is 19.0 Å². The van der Waals surface area contributed by atoms with Crippen LogP contribution < -0.4 is 0 Å². The lowest BCUT2D eigenvalue weighted by Gasteiger charge is -2.10. The van der Waals surface area contributed by atoms with Crippen molar-refractivity contribution in [3.8, 4) is 0 Å². The van der Waals surface area contributed by atoms with Crippen LogP contribution in [0, 0.1) is 12.7 Å². The van der Waals surface area contributed by atoms with Gasteiger partial charge in [0.15, 0.2) is 5.58 Å². The third-order valence-corrected chi connectivity index (χ3v) is 3.04. The fraction of sp³-hybridized carbons (Fsp3) is 0.429. The molecule has 0 aliphatic carbocycles. The van der Waals surface area contributed by atoms with Gasteiger partial charge >= 0.3 is 0 Å². The van der Waals surface area contributed by atoms with Crippen LogP contribution in [0.25, 0.3) is 11.0 Å². The summed E-state index contributed by atoms with van der Waals surface area (Å²) in [7, 11) is 0. The lowest BCUT2D eigenvalue weighted by molar-refractivity contribution is 0.426. The molecule has 1 aromatic heterocycles. The van der Waals surface area contributed by atoms with Crippen molar-refractivity contribution >= 4 is 11.0 Å². The second kappa shape index (κ2) is 5.21. The van der Waals surface area contributed by atoms with Crippen LogP contribution in [-0.4, -0.2) is 5.16 Å². The van der Waals surface area contributed by atoms with Crippen molar-refractivity contribution in [2.24, 2.45) is 0 Å². The lowest BCUT2D eigenvalue weighted by Crippen LogP contribution is -1.99. The number of rotatable bonds is 5. The third kappa shape index (κ3) is 2.43. The summed E-state index contributed by atoms with van der Waals surface area (Å²) in [6.07, 6.45) is 4.03. The molecule has 0 saturated heterocycles. The van der Waals surface area contributed by atoms with Gasteiger partial charge in [-0.05, 0) is 25.0 Å². The molecule has 0 bridgehead atoms. The highest BCUT2D eigenvalue weighted by Crippen LogP contribution is 2.31. The Morgan fingerprint density at radius 3 is 2.94 bits per heavy atom. The van der Waals surface area contributed by atoms with Gasteiger partial charge in [-0.15, -0.1) is 0 Å². The maximum atomic E-state index is 13.0. The maximum absolute atomic E-state index is 13.0. The van der Waals surface area contributed by atoms with E-state index < -0.39 is 0 Å². The van der Waals surface area contributed by atoms with E-state index in [1.165, 1.54) is 12.1 Å². The molecule has 3 heteroatoms. The summed E-state index contributed by atoms with van der Waals surface area (Å²) >= 11 is 0. The Hall–Kier alpha value is -1.51. The number of benzene rings is 1. The predicted octanol–water partition coefficient (Wildman–Crippen LogP) is 4.46. The topological polar surface area (TPSA) is 26.0 Å². The van der Waals surface area contributed by atoms with Gasteiger partial charge in [0, 0.05) is 17.4 Å². The molecule has 1 aromatic carbocycles. The second-order valence-electron chi connectivity index (χ2n) is 4.34. The standard InChI is InChI=1S/C14H17FNO/c1-3-5-10(6-4-2)14-12-8-7-11(15)9-13(12)17-16-14/h7-10H,1,3-6H2,2H3/q+1. The molecule has 2 nitrogen and oxygen atoms in total. The Balaban J connectivity index is 2.39. The molecule has 1 atom stereocenters. The molecule has 2 aromatic rings. The number of fused-ring (bicyclic) bond motifs is 1. The molecule has 1 unspecified atom stereocenters. The van der Waals surface area contributed by atoms with Crippen LogP contribution in [0.5, 0.6) is 0 Å². The molecular formula is C14H17FNO+. The minimum Gasteiger partial charge on any atom is -0.356 e. The van der Waals surface area contributed by atoms with Crippen LogP contribution in [0.4, 0.5) is 4.39 Å². The van der Waals surface area contributed by atoms with Crippen molar-refractivity contribution in [3.05, 3.63) is 36.6 Å². The first-order valence-corrected chi connectivity index (χ1v) is 6.10. The molecule has 90 valence electrons. The van der Waals surface area contributed by atoms with Gasteiger partial charge < -0.3 is 4.52 Å². The average molecular weight is 234 g/mol. The Labute approximate surface area is 101 Å². The first-order valence-electron chi connectivity index (χ1n) is 6.10. The summed E-state index contributed by atoms with van der Waals surface area (Å²) in [5, 5.41) is 5.03. The molecule has 1 heterocycles. The molecular weight excluding hydrogens is 217 g/mol. The van der Waals surface area contributed by atoms with Gasteiger partial charge in [-0.3, -0.25) is 0 Å². The summed E-state index contributed by atoms with van der Waals surface area (Å²) in [6.45, 7) is 6.04.